The molecule has 0 aromatic rings. The van der Waals surface area contributed by atoms with Crippen molar-refractivity contribution in [1.29, 1.82) is 0 Å². The molecule has 0 fully saturated rings. The van der Waals surface area contributed by atoms with E-state index in [1.54, 1.807) is 19.9 Å². The van der Waals surface area contributed by atoms with Gasteiger partial charge in [0.2, 0.25) is 0 Å². The molecule has 0 radical (unpaired) electrons. The van der Waals surface area contributed by atoms with E-state index in [9.17, 15) is 4.79 Å². The maximum atomic E-state index is 11.1. The molecule has 0 aliphatic heterocycles. The predicted molar refractivity (Wildman–Crippen MR) is 57.6 cm³/mol. The van der Waals surface area contributed by atoms with Crippen molar-refractivity contribution in [2.45, 2.75) is 33.8 Å². The first kappa shape index (κ1) is 12.5. The van der Waals surface area contributed by atoms with Crippen molar-refractivity contribution in [3.05, 3.63) is 23.8 Å². The van der Waals surface area contributed by atoms with Crippen molar-refractivity contribution in [3.8, 4) is 11.8 Å². The molecule has 0 bridgehead atoms. The Bertz CT molecular complexity index is 300. The fourth-order valence-corrected chi connectivity index (χ4v) is 0.742. The summed E-state index contributed by atoms with van der Waals surface area (Å²) in [4.78, 5) is 11.1. The second-order valence-corrected chi connectivity index (χ2v) is 2.84. The van der Waals surface area contributed by atoms with E-state index >= 15 is 0 Å². The SMILES string of the molecule is CC#C[C@@H](C)OC(=O)/C=C/C(C)=C/C. The summed E-state index contributed by atoms with van der Waals surface area (Å²) in [5.74, 6) is 5.06. The molecule has 2 nitrogen and oxygen atoms in total. The highest BCUT2D eigenvalue weighted by Crippen LogP contribution is 1.96. The molecule has 0 rings (SSSR count). The number of carbonyl (C=O) groups is 1. The van der Waals surface area contributed by atoms with Crippen LogP contribution in [0.25, 0.3) is 0 Å². The Balaban J connectivity index is 4.09. The van der Waals surface area contributed by atoms with Crippen LogP contribution in [-0.2, 0) is 9.53 Å². The third kappa shape index (κ3) is 6.07. The number of hydrogen-bond donors (Lipinski definition) is 0. The predicted octanol–water partition coefficient (Wildman–Crippen LogP) is 2.46. The molecular formula is C12H16O2. The maximum Gasteiger partial charge on any atom is 0.331 e. The van der Waals surface area contributed by atoms with Gasteiger partial charge in [-0.3, -0.25) is 0 Å². The van der Waals surface area contributed by atoms with Crippen LogP contribution in [0.5, 0.6) is 0 Å². The third-order valence-corrected chi connectivity index (χ3v) is 1.58. The van der Waals surface area contributed by atoms with Gasteiger partial charge in [-0.15, -0.1) is 5.92 Å². The fourth-order valence-electron chi connectivity index (χ4n) is 0.742. The molecule has 0 spiro atoms. The molecule has 0 heterocycles. The van der Waals surface area contributed by atoms with Crippen LogP contribution in [0.4, 0.5) is 0 Å². The molecule has 0 unspecified atom stereocenters. The van der Waals surface area contributed by atoms with Crippen molar-refractivity contribution in [1.82, 2.24) is 0 Å². The van der Waals surface area contributed by atoms with Crippen molar-refractivity contribution in [3.63, 3.8) is 0 Å². The average Bonchev–Trinajstić information content (AvgIpc) is 2.14. The quantitative estimate of drug-likeness (QED) is 0.297. The lowest BCUT2D eigenvalue weighted by molar-refractivity contribution is -0.139. The number of hydrogen-bond acceptors (Lipinski definition) is 2. The van der Waals surface area contributed by atoms with Gasteiger partial charge in [-0.05, 0) is 27.7 Å². The molecule has 0 saturated heterocycles. The van der Waals surface area contributed by atoms with Gasteiger partial charge < -0.3 is 4.74 Å². The van der Waals surface area contributed by atoms with Crippen molar-refractivity contribution in [2.75, 3.05) is 0 Å². The van der Waals surface area contributed by atoms with E-state index in [-0.39, 0.29) is 12.1 Å². The second-order valence-electron chi connectivity index (χ2n) is 2.84. The molecule has 0 N–H and O–H groups in total. The highest BCUT2D eigenvalue weighted by Gasteiger charge is 2.01. The zero-order valence-electron chi connectivity index (χ0n) is 9.13. The Labute approximate surface area is 85.6 Å². The van der Waals surface area contributed by atoms with E-state index in [0.717, 1.165) is 5.57 Å². The highest BCUT2D eigenvalue weighted by atomic mass is 16.5. The third-order valence-electron chi connectivity index (χ3n) is 1.58. The van der Waals surface area contributed by atoms with Gasteiger partial charge in [0.15, 0.2) is 6.10 Å². The Hall–Kier alpha value is -1.49. The van der Waals surface area contributed by atoms with E-state index in [4.69, 9.17) is 4.74 Å². The van der Waals surface area contributed by atoms with Crippen LogP contribution < -0.4 is 0 Å². The van der Waals surface area contributed by atoms with Crippen LogP contribution in [0, 0.1) is 11.8 Å². The van der Waals surface area contributed by atoms with E-state index in [1.165, 1.54) is 6.08 Å². The van der Waals surface area contributed by atoms with Crippen molar-refractivity contribution >= 4 is 5.97 Å². The normalized spacial score (nSPS) is 13.3. The molecule has 0 aromatic carbocycles. The van der Waals surface area contributed by atoms with Gasteiger partial charge in [0.1, 0.15) is 0 Å². The van der Waals surface area contributed by atoms with Crippen LogP contribution in [0.1, 0.15) is 27.7 Å². The first-order chi connectivity index (χ1) is 6.60. The van der Waals surface area contributed by atoms with E-state index in [2.05, 4.69) is 11.8 Å². The Morgan fingerprint density at radius 3 is 2.57 bits per heavy atom. The summed E-state index contributed by atoms with van der Waals surface area (Å²) in [5.41, 5.74) is 1.02. The van der Waals surface area contributed by atoms with Gasteiger partial charge >= 0.3 is 5.97 Å². The molecule has 0 aliphatic rings. The van der Waals surface area contributed by atoms with E-state index < -0.39 is 0 Å². The number of rotatable bonds is 3. The molecule has 0 amide bonds. The minimum absolute atomic E-state index is 0.344. The van der Waals surface area contributed by atoms with E-state index in [0.29, 0.717) is 0 Å². The van der Waals surface area contributed by atoms with Crippen molar-refractivity contribution < 1.29 is 9.53 Å². The maximum absolute atomic E-state index is 11.1. The minimum Gasteiger partial charge on any atom is -0.446 e. The summed E-state index contributed by atoms with van der Waals surface area (Å²) in [6.07, 6.45) is 4.69. The lowest BCUT2D eigenvalue weighted by Crippen LogP contribution is -2.10. The van der Waals surface area contributed by atoms with Gasteiger partial charge in [0, 0.05) is 6.08 Å². The first-order valence-electron chi connectivity index (χ1n) is 4.54. The summed E-state index contributed by atoms with van der Waals surface area (Å²) in [6.45, 7) is 7.28. The lowest BCUT2D eigenvalue weighted by Gasteiger charge is -2.03. The Morgan fingerprint density at radius 2 is 2.07 bits per heavy atom. The van der Waals surface area contributed by atoms with Crippen LogP contribution >= 0.6 is 0 Å². The van der Waals surface area contributed by atoms with Crippen LogP contribution in [0.3, 0.4) is 0 Å². The summed E-state index contributed by atoms with van der Waals surface area (Å²) in [5, 5.41) is 0. The molecule has 2 heteroatoms. The first-order valence-corrected chi connectivity index (χ1v) is 4.54. The smallest absolute Gasteiger partial charge is 0.331 e. The zero-order valence-corrected chi connectivity index (χ0v) is 9.13. The Kier molecular flexibility index (Phi) is 6.22. The topological polar surface area (TPSA) is 26.3 Å². The zero-order chi connectivity index (χ0) is 11.0. The van der Waals surface area contributed by atoms with Gasteiger partial charge in [0.05, 0.1) is 0 Å². The highest BCUT2D eigenvalue weighted by molar-refractivity contribution is 5.82. The summed E-state index contributed by atoms with van der Waals surface area (Å²) < 4.78 is 4.96. The molecule has 0 aromatic heterocycles. The summed E-state index contributed by atoms with van der Waals surface area (Å²) >= 11 is 0. The van der Waals surface area contributed by atoms with Gasteiger partial charge in [-0.2, -0.15) is 0 Å². The Morgan fingerprint density at radius 1 is 1.43 bits per heavy atom. The molecule has 0 saturated carbocycles. The van der Waals surface area contributed by atoms with Crippen LogP contribution in [0.15, 0.2) is 23.8 Å². The minimum atomic E-state index is -0.360. The van der Waals surface area contributed by atoms with Gasteiger partial charge in [-0.1, -0.05) is 23.6 Å². The molecular weight excluding hydrogens is 176 g/mol. The monoisotopic (exact) mass is 192 g/mol. The molecule has 1 atom stereocenters. The van der Waals surface area contributed by atoms with Gasteiger partial charge in [-0.25, -0.2) is 4.79 Å². The standard InChI is InChI=1S/C12H16O2/c1-5-7-11(4)14-12(13)9-8-10(3)6-2/h6,8-9,11H,1-4H3/b9-8+,10-6+/t11-/m1/s1. The van der Waals surface area contributed by atoms with Crippen LogP contribution in [0.2, 0.25) is 0 Å². The number of carbonyl (C=O) groups excluding carboxylic acids is 1. The molecule has 14 heavy (non-hydrogen) atoms. The molecule has 0 aliphatic carbocycles. The second kappa shape index (κ2) is 6.97. The van der Waals surface area contributed by atoms with E-state index in [1.807, 2.05) is 19.9 Å². The number of ether oxygens (including phenoxy) is 1. The number of esters is 1. The molecule has 76 valence electrons. The van der Waals surface area contributed by atoms with Gasteiger partial charge in [0.25, 0.3) is 0 Å². The summed E-state index contributed by atoms with van der Waals surface area (Å²) in [6, 6.07) is 0. The van der Waals surface area contributed by atoms with Crippen molar-refractivity contribution in [2.24, 2.45) is 0 Å². The number of allylic oxidation sites excluding steroid dienone is 3. The van der Waals surface area contributed by atoms with Crippen LogP contribution in [-0.4, -0.2) is 12.1 Å². The lowest BCUT2D eigenvalue weighted by atomic mass is 10.2. The summed E-state index contributed by atoms with van der Waals surface area (Å²) in [7, 11) is 0. The largest absolute Gasteiger partial charge is 0.446 e. The fraction of sp³-hybridized carbons (Fsp3) is 0.417. The average molecular weight is 192 g/mol.